The van der Waals surface area contributed by atoms with E-state index in [0.717, 1.165) is 44.2 Å². The summed E-state index contributed by atoms with van der Waals surface area (Å²) in [6.45, 7) is 4.79. The van der Waals surface area contributed by atoms with Crippen molar-refractivity contribution in [2.75, 3.05) is 19.8 Å². The van der Waals surface area contributed by atoms with Crippen LogP contribution in [-0.2, 0) is 18.2 Å². The first kappa shape index (κ1) is 15.7. The summed E-state index contributed by atoms with van der Waals surface area (Å²) in [4.78, 5) is 4.47. The molecular formula is C19H25N3O2. The van der Waals surface area contributed by atoms with E-state index >= 15 is 0 Å². The highest BCUT2D eigenvalue weighted by Gasteiger charge is 2.32. The van der Waals surface area contributed by atoms with E-state index in [1.54, 1.807) is 0 Å². The van der Waals surface area contributed by atoms with Gasteiger partial charge in [-0.2, -0.15) is 0 Å². The predicted molar refractivity (Wildman–Crippen MR) is 92.1 cm³/mol. The van der Waals surface area contributed by atoms with Gasteiger partial charge in [-0.1, -0.05) is 12.1 Å². The number of imidazole rings is 1. The van der Waals surface area contributed by atoms with Crippen LogP contribution < -0.4 is 10.1 Å². The Balaban J connectivity index is 1.40. The first-order chi connectivity index (χ1) is 11.7. The third kappa shape index (κ3) is 2.94. The van der Waals surface area contributed by atoms with Crippen LogP contribution >= 0.6 is 0 Å². The number of ether oxygens (including phenoxy) is 2. The molecule has 0 radical (unpaired) electrons. The monoisotopic (exact) mass is 327 g/mol. The van der Waals surface area contributed by atoms with E-state index in [4.69, 9.17) is 9.47 Å². The molecule has 0 aliphatic carbocycles. The lowest BCUT2D eigenvalue weighted by molar-refractivity contribution is 0.0806. The minimum Gasteiger partial charge on any atom is -0.493 e. The van der Waals surface area contributed by atoms with E-state index in [9.17, 15) is 0 Å². The van der Waals surface area contributed by atoms with Gasteiger partial charge in [0.1, 0.15) is 17.7 Å². The summed E-state index contributed by atoms with van der Waals surface area (Å²) in [7, 11) is 2.03. The number of hydrogen-bond donors (Lipinski definition) is 1. The van der Waals surface area contributed by atoms with Crippen molar-refractivity contribution in [1.82, 2.24) is 14.9 Å². The van der Waals surface area contributed by atoms with Crippen LogP contribution in [0.5, 0.6) is 5.75 Å². The Labute approximate surface area is 143 Å². The van der Waals surface area contributed by atoms with Gasteiger partial charge in [0, 0.05) is 51.0 Å². The third-order valence-electron chi connectivity index (χ3n) is 5.23. The number of hydrogen-bond acceptors (Lipinski definition) is 4. The largest absolute Gasteiger partial charge is 0.493 e. The fraction of sp³-hybridized carbons (Fsp3) is 0.526. The van der Waals surface area contributed by atoms with Crippen LogP contribution in [0.25, 0.3) is 0 Å². The molecule has 1 aromatic heterocycles. The Morgan fingerprint density at radius 1 is 1.38 bits per heavy atom. The van der Waals surface area contributed by atoms with Crippen molar-refractivity contribution in [3.63, 3.8) is 0 Å². The summed E-state index contributed by atoms with van der Waals surface area (Å²) >= 11 is 0. The van der Waals surface area contributed by atoms with Gasteiger partial charge in [0.05, 0.1) is 6.61 Å². The highest BCUT2D eigenvalue weighted by Crippen LogP contribution is 2.34. The molecule has 2 aromatic rings. The zero-order chi connectivity index (χ0) is 16.5. The highest BCUT2D eigenvalue weighted by atomic mass is 16.5. The fourth-order valence-corrected chi connectivity index (χ4v) is 3.70. The number of nitrogens with zero attached hydrogens (tertiary/aromatic N) is 2. The van der Waals surface area contributed by atoms with Crippen LogP contribution in [-0.4, -0.2) is 29.3 Å². The van der Waals surface area contributed by atoms with Gasteiger partial charge in [-0.25, -0.2) is 4.98 Å². The maximum atomic E-state index is 5.95. The van der Waals surface area contributed by atoms with Crippen molar-refractivity contribution < 1.29 is 9.47 Å². The number of aryl methyl sites for hydroxylation is 1. The average molecular weight is 327 g/mol. The molecule has 0 saturated carbocycles. The van der Waals surface area contributed by atoms with Gasteiger partial charge < -0.3 is 19.4 Å². The van der Waals surface area contributed by atoms with Crippen molar-refractivity contribution >= 4 is 0 Å². The molecular weight excluding hydrogens is 302 g/mol. The van der Waals surface area contributed by atoms with Gasteiger partial charge in [0.15, 0.2) is 0 Å². The summed E-state index contributed by atoms with van der Waals surface area (Å²) in [5.41, 5.74) is 2.66. The van der Waals surface area contributed by atoms with Crippen LogP contribution in [0.3, 0.4) is 0 Å². The van der Waals surface area contributed by atoms with Crippen molar-refractivity contribution in [3.8, 4) is 5.75 Å². The molecule has 0 bridgehead atoms. The molecule has 5 heteroatoms. The molecule has 1 aromatic carbocycles. The van der Waals surface area contributed by atoms with E-state index < -0.39 is 0 Å². The van der Waals surface area contributed by atoms with E-state index in [0.29, 0.717) is 12.0 Å². The molecule has 1 N–H and O–H groups in total. The van der Waals surface area contributed by atoms with Gasteiger partial charge in [0.2, 0.25) is 0 Å². The number of rotatable bonds is 5. The van der Waals surface area contributed by atoms with Gasteiger partial charge in [-0.3, -0.25) is 0 Å². The quantitative estimate of drug-likeness (QED) is 0.917. The number of benzene rings is 1. The predicted octanol–water partition coefficient (Wildman–Crippen LogP) is 2.78. The molecule has 4 rings (SSSR count). The molecule has 1 fully saturated rings. The maximum Gasteiger partial charge on any atom is 0.137 e. The second-order valence-corrected chi connectivity index (χ2v) is 6.83. The minimum absolute atomic E-state index is 0.0955. The summed E-state index contributed by atoms with van der Waals surface area (Å²) in [5.74, 6) is 2.54. The second kappa shape index (κ2) is 6.57. The minimum atomic E-state index is 0.0955. The normalized spacial score (nSPS) is 23.9. The molecule has 2 aliphatic rings. The van der Waals surface area contributed by atoms with Crippen LogP contribution in [0, 0.1) is 5.92 Å². The van der Waals surface area contributed by atoms with Gasteiger partial charge in [0.25, 0.3) is 0 Å². The third-order valence-corrected chi connectivity index (χ3v) is 5.23. The molecule has 3 heterocycles. The van der Waals surface area contributed by atoms with Crippen molar-refractivity contribution in [2.45, 2.75) is 31.9 Å². The maximum absolute atomic E-state index is 5.95. The zero-order valence-corrected chi connectivity index (χ0v) is 14.4. The van der Waals surface area contributed by atoms with E-state index in [2.05, 4.69) is 40.0 Å². The fourth-order valence-electron chi connectivity index (χ4n) is 3.70. The standard InChI is InChI=1S/C19H25N3O2/c1-13(14-3-4-17-15(11-14)5-9-23-17)21-12-16-6-10-24-18(16)19-20-7-8-22(19)2/h3-4,7-8,11,13,16,18,21H,5-6,9-10,12H2,1-2H3/t13?,16-,18+/m0/s1. The Morgan fingerprint density at radius 2 is 2.29 bits per heavy atom. The molecule has 1 unspecified atom stereocenters. The Hall–Kier alpha value is -1.85. The van der Waals surface area contributed by atoms with Crippen LogP contribution in [0.1, 0.15) is 42.4 Å². The molecule has 24 heavy (non-hydrogen) atoms. The van der Waals surface area contributed by atoms with E-state index in [1.165, 1.54) is 11.1 Å². The summed E-state index contributed by atoms with van der Waals surface area (Å²) in [5, 5.41) is 3.69. The SMILES string of the molecule is CC(NC[C@@H]1CCO[C@H]1c1nccn1C)c1ccc2c(c1)CCO2. The molecule has 128 valence electrons. The molecule has 0 amide bonds. The lowest BCUT2D eigenvalue weighted by Gasteiger charge is -2.22. The first-order valence-corrected chi connectivity index (χ1v) is 8.80. The van der Waals surface area contributed by atoms with Gasteiger partial charge in [-0.15, -0.1) is 0 Å². The zero-order valence-electron chi connectivity index (χ0n) is 14.4. The molecule has 3 atom stereocenters. The molecule has 0 spiro atoms. The average Bonchev–Trinajstić information content (AvgIpc) is 3.31. The topological polar surface area (TPSA) is 48.3 Å². The second-order valence-electron chi connectivity index (χ2n) is 6.83. The Kier molecular flexibility index (Phi) is 4.29. The van der Waals surface area contributed by atoms with Gasteiger partial charge >= 0.3 is 0 Å². The van der Waals surface area contributed by atoms with Crippen LogP contribution in [0.4, 0.5) is 0 Å². The molecule has 1 saturated heterocycles. The van der Waals surface area contributed by atoms with Crippen LogP contribution in [0.2, 0.25) is 0 Å². The van der Waals surface area contributed by atoms with E-state index in [1.807, 2.05) is 19.4 Å². The van der Waals surface area contributed by atoms with E-state index in [-0.39, 0.29) is 6.10 Å². The van der Waals surface area contributed by atoms with Crippen molar-refractivity contribution in [3.05, 3.63) is 47.5 Å². The number of fused-ring (bicyclic) bond motifs is 1. The summed E-state index contributed by atoms with van der Waals surface area (Å²) in [6, 6.07) is 6.87. The lowest BCUT2D eigenvalue weighted by Crippen LogP contribution is -2.28. The first-order valence-electron chi connectivity index (χ1n) is 8.80. The number of nitrogens with one attached hydrogen (secondary N) is 1. The lowest BCUT2D eigenvalue weighted by atomic mass is 9.99. The van der Waals surface area contributed by atoms with Crippen LogP contribution in [0.15, 0.2) is 30.6 Å². The summed E-state index contributed by atoms with van der Waals surface area (Å²) < 4.78 is 13.6. The molecule has 5 nitrogen and oxygen atoms in total. The summed E-state index contributed by atoms with van der Waals surface area (Å²) in [6.07, 6.45) is 6.02. The Morgan fingerprint density at radius 3 is 3.12 bits per heavy atom. The smallest absolute Gasteiger partial charge is 0.137 e. The highest BCUT2D eigenvalue weighted by molar-refractivity contribution is 5.40. The Bertz CT molecular complexity index is 712. The van der Waals surface area contributed by atoms with Crippen molar-refractivity contribution in [1.29, 1.82) is 0 Å². The molecule has 2 aliphatic heterocycles. The van der Waals surface area contributed by atoms with Crippen molar-refractivity contribution in [2.24, 2.45) is 13.0 Å². The number of aromatic nitrogens is 2. The van der Waals surface area contributed by atoms with Gasteiger partial charge in [-0.05, 0) is 30.5 Å².